The molecule has 2 aliphatic heterocycles. The van der Waals surface area contributed by atoms with Crippen molar-refractivity contribution >= 4 is 32.7 Å². The van der Waals surface area contributed by atoms with Gasteiger partial charge in [0.2, 0.25) is 5.65 Å². The number of nitrogens with zero attached hydrogens (tertiary/aromatic N) is 1. The molecule has 2 fully saturated rings. The van der Waals surface area contributed by atoms with E-state index < -0.39 is 16.2 Å². The average molecular weight is 339 g/mol. The minimum atomic E-state index is -2.00. The van der Waals surface area contributed by atoms with E-state index in [1.165, 1.54) is 30.1 Å². The first-order chi connectivity index (χ1) is 11.3. The molecule has 118 valence electrons. The molecule has 4 heteroatoms. The zero-order valence-electron chi connectivity index (χ0n) is 13.3. The van der Waals surface area contributed by atoms with E-state index in [-0.39, 0.29) is 0 Å². The summed E-state index contributed by atoms with van der Waals surface area (Å²) in [4.78, 5) is 13.4. The highest BCUT2D eigenvalue weighted by molar-refractivity contribution is 7.75. The van der Waals surface area contributed by atoms with E-state index >= 15 is 0 Å². The molecular weight excluding hydrogens is 317 g/mol. The molecule has 2 aromatic rings. The molecule has 0 spiro atoms. The van der Waals surface area contributed by atoms with Crippen LogP contribution in [0.2, 0.25) is 12.1 Å². The summed E-state index contributed by atoms with van der Waals surface area (Å²) < 4.78 is 2.31. The predicted octanol–water partition coefficient (Wildman–Crippen LogP) is 4.76. The summed E-state index contributed by atoms with van der Waals surface area (Å²) in [7, 11) is -2.48. The molecule has 2 aromatic carbocycles. The fraction of sp³-hybridized carbons (Fsp3) is 0.316. The fourth-order valence-corrected chi connectivity index (χ4v) is 12.8. The van der Waals surface area contributed by atoms with E-state index in [0.29, 0.717) is 5.65 Å². The molecule has 0 radical (unpaired) electrons. The molecule has 0 N–H and O–H groups in total. The third kappa shape index (κ3) is 2.56. The molecule has 23 heavy (non-hydrogen) atoms. The highest BCUT2D eigenvalue weighted by Gasteiger charge is 2.49. The lowest BCUT2D eigenvalue weighted by Crippen LogP contribution is -2.62. The van der Waals surface area contributed by atoms with Gasteiger partial charge < -0.3 is 4.57 Å². The molecule has 2 heterocycles. The van der Waals surface area contributed by atoms with E-state index in [1.807, 2.05) is 6.07 Å². The maximum absolute atomic E-state index is 13.4. The molecular formula is C19H22NOPSi. The number of fused-ring (bicyclic) bond motifs is 3. The molecule has 0 unspecified atom stereocenters. The Labute approximate surface area is 140 Å². The van der Waals surface area contributed by atoms with E-state index in [2.05, 4.69) is 59.2 Å². The Hall–Kier alpha value is -1.44. The van der Waals surface area contributed by atoms with Crippen LogP contribution in [-0.4, -0.2) is 26.2 Å². The van der Waals surface area contributed by atoms with Crippen LogP contribution in [0.4, 0.5) is 10.5 Å². The predicted molar refractivity (Wildman–Crippen MR) is 102 cm³/mol. The van der Waals surface area contributed by atoms with Gasteiger partial charge in [0, 0.05) is 5.69 Å². The average Bonchev–Trinajstić information content (AvgIpc) is 2.81. The van der Waals surface area contributed by atoms with Gasteiger partial charge in [0.15, 0.2) is 8.24 Å². The zero-order chi connectivity index (χ0) is 15.7. The molecule has 2 bridgehead atoms. The first-order valence-corrected chi connectivity index (χ1v) is 12.6. The number of benzene rings is 2. The lowest BCUT2D eigenvalue weighted by atomic mass is 10.3. The Kier molecular flexibility index (Phi) is 4.08. The van der Waals surface area contributed by atoms with Crippen molar-refractivity contribution in [1.82, 2.24) is 0 Å². The number of carbonyl (C=O) groups excluding carboxylic acids is 1. The molecule has 4 rings (SSSR count). The van der Waals surface area contributed by atoms with E-state index in [1.54, 1.807) is 0 Å². The quantitative estimate of drug-likeness (QED) is 0.571. The summed E-state index contributed by atoms with van der Waals surface area (Å²) in [5, 5.41) is 1.44. The Morgan fingerprint density at radius 3 is 2.00 bits per heavy atom. The first-order valence-electron chi connectivity index (χ1n) is 8.51. The van der Waals surface area contributed by atoms with Crippen molar-refractivity contribution < 1.29 is 4.79 Å². The number of hydrogen-bond donors (Lipinski definition) is 0. The van der Waals surface area contributed by atoms with Crippen LogP contribution < -0.4 is 9.75 Å². The van der Waals surface area contributed by atoms with E-state index in [0.717, 1.165) is 18.0 Å². The number of rotatable bonds is 2. The van der Waals surface area contributed by atoms with Crippen molar-refractivity contribution in [3.8, 4) is 0 Å². The van der Waals surface area contributed by atoms with Crippen molar-refractivity contribution in [3.05, 3.63) is 60.7 Å². The monoisotopic (exact) mass is 339 g/mol. The highest BCUT2D eigenvalue weighted by atomic mass is 31.1. The maximum Gasteiger partial charge on any atom is 0.240 e. The summed E-state index contributed by atoms with van der Waals surface area (Å²) in [5.74, 6) is 0. The first kappa shape index (κ1) is 15.1. The summed E-state index contributed by atoms with van der Waals surface area (Å²) >= 11 is 0. The summed E-state index contributed by atoms with van der Waals surface area (Å²) in [6.45, 7) is 0. The molecule has 0 saturated carbocycles. The van der Waals surface area contributed by atoms with Crippen LogP contribution in [0.25, 0.3) is 0 Å². The van der Waals surface area contributed by atoms with Gasteiger partial charge in [-0.05, 0) is 62.5 Å². The Morgan fingerprint density at radius 2 is 1.39 bits per heavy atom. The van der Waals surface area contributed by atoms with Crippen LogP contribution in [0, 0.1) is 0 Å². The van der Waals surface area contributed by atoms with Crippen LogP contribution in [0.5, 0.6) is 0 Å². The minimum absolute atomic E-state index is 0.455. The lowest BCUT2D eigenvalue weighted by Gasteiger charge is -2.41. The van der Waals surface area contributed by atoms with Crippen LogP contribution in [0.1, 0.15) is 12.8 Å². The van der Waals surface area contributed by atoms with Gasteiger partial charge in [-0.25, -0.2) is 0 Å². The highest BCUT2D eigenvalue weighted by Crippen LogP contribution is 2.51. The molecule has 2 aliphatic rings. The number of para-hydroxylation sites is 1. The van der Waals surface area contributed by atoms with Crippen LogP contribution in [0.15, 0.2) is 60.7 Å². The van der Waals surface area contributed by atoms with E-state index in [4.69, 9.17) is 0 Å². The number of carbonyl (C=O) groups is 1. The second kappa shape index (κ2) is 6.22. The molecule has 0 aromatic heterocycles. The van der Waals surface area contributed by atoms with Crippen molar-refractivity contribution in [2.45, 2.75) is 24.9 Å². The number of anilines is 1. The zero-order valence-corrected chi connectivity index (χ0v) is 15.2. The third-order valence-corrected chi connectivity index (χ3v) is 13.0. The van der Waals surface area contributed by atoms with Crippen molar-refractivity contribution in [1.29, 1.82) is 0 Å². The Bertz CT molecular complexity index is 681. The molecule has 1 amide bonds. The Morgan fingerprint density at radius 1 is 0.826 bits per heavy atom. The summed E-state index contributed by atoms with van der Waals surface area (Å²) in [6.07, 6.45) is 4.72. The van der Waals surface area contributed by atoms with Gasteiger partial charge in [0.25, 0.3) is 0 Å². The second-order valence-electron chi connectivity index (χ2n) is 6.55. The van der Waals surface area contributed by atoms with Gasteiger partial charge in [-0.1, -0.05) is 48.5 Å². The molecule has 2 nitrogen and oxygen atoms in total. The SMILES string of the molecule is O=C1N(c2ccccc2)[Si]2(c3ccccc3)CCCP1CCC2. The largest absolute Gasteiger partial charge is 0.332 e. The summed E-state index contributed by atoms with van der Waals surface area (Å²) in [6, 6.07) is 23.8. The van der Waals surface area contributed by atoms with Gasteiger partial charge in [-0.3, -0.25) is 4.79 Å². The molecule has 0 aliphatic carbocycles. The van der Waals surface area contributed by atoms with Gasteiger partial charge in [-0.2, -0.15) is 0 Å². The van der Waals surface area contributed by atoms with Crippen molar-refractivity contribution in [2.24, 2.45) is 0 Å². The van der Waals surface area contributed by atoms with Gasteiger partial charge in [0.1, 0.15) is 0 Å². The number of hydrogen-bond acceptors (Lipinski definition) is 1. The molecule has 0 atom stereocenters. The third-order valence-electron chi connectivity index (χ3n) is 5.25. The van der Waals surface area contributed by atoms with Gasteiger partial charge in [-0.15, -0.1) is 0 Å². The minimum Gasteiger partial charge on any atom is -0.332 e. The molecule has 2 saturated heterocycles. The Balaban J connectivity index is 1.92. The topological polar surface area (TPSA) is 20.3 Å². The lowest BCUT2D eigenvalue weighted by molar-refractivity contribution is 0.266. The normalized spacial score (nSPS) is 27.6. The number of amides is 1. The summed E-state index contributed by atoms with van der Waals surface area (Å²) in [5.41, 5.74) is 1.58. The van der Waals surface area contributed by atoms with Crippen molar-refractivity contribution in [3.63, 3.8) is 0 Å². The fourth-order valence-electron chi connectivity index (χ4n) is 4.20. The smallest absolute Gasteiger partial charge is 0.240 e. The van der Waals surface area contributed by atoms with E-state index in [9.17, 15) is 4.79 Å². The van der Waals surface area contributed by atoms with Gasteiger partial charge in [0.05, 0.1) is 0 Å². The standard InChI is InChI=1S/C19H22NOPSi/c21-19-20(17-9-3-1-4-10-17)23(18-11-5-2-6-12-18)15-7-13-22(19)14-8-16-23/h1-6,9-12H,7-8,13-16H2. The van der Waals surface area contributed by atoms with Crippen LogP contribution in [0.3, 0.4) is 0 Å². The maximum atomic E-state index is 13.4. The van der Waals surface area contributed by atoms with Crippen LogP contribution in [-0.2, 0) is 0 Å². The van der Waals surface area contributed by atoms with Crippen LogP contribution >= 0.6 is 7.92 Å². The van der Waals surface area contributed by atoms with Crippen molar-refractivity contribution in [2.75, 3.05) is 16.9 Å². The second-order valence-corrected chi connectivity index (χ2v) is 13.0. The van der Waals surface area contributed by atoms with Gasteiger partial charge >= 0.3 is 0 Å².